The first-order chi connectivity index (χ1) is 7.50. The number of pyridine rings is 1. The van der Waals surface area contributed by atoms with Gasteiger partial charge >= 0.3 is 0 Å². The number of aromatic nitrogens is 1. The van der Waals surface area contributed by atoms with Gasteiger partial charge in [0.15, 0.2) is 5.43 Å². The fraction of sp³-hybridized carbons (Fsp3) is 0.100. The van der Waals surface area contributed by atoms with E-state index in [0.29, 0.717) is 19.8 Å². The van der Waals surface area contributed by atoms with Crippen LogP contribution in [-0.2, 0) is 0 Å². The Morgan fingerprint density at radius 1 is 1.19 bits per heavy atom. The zero-order valence-electron chi connectivity index (χ0n) is 7.73. The van der Waals surface area contributed by atoms with Gasteiger partial charge in [0.1, 0.15) is 0 Å². The number of H-pyrrole nitrogens is 1. The van der Waals surface area contributed by atoms with E-state index in [1.54, 1.807) is 12.1 Å². The molecular formula is C10H5Br2F2NO. The molecule has 0 saturated heterocycles. The van der Waals surface area contributed by atoms with Crippen molar-refractivity contribution >= 4 is 42.8 Å². The fourth-order valence-electron chi connectivity index (χ4n) is 1.43. The largest absolute Gasteiger partial charge is 0.353 e. The van der Waals surface area contributed by atoms with E-state index in [2.05, 4.69) is 36.8 Å². The van der Waals surface area contributed by atoms with Crippen LogP contribution in [-0.4, -0.2) is 4.98 Å². The van der Waals surface area contributed by atoms with Crippen molar-refractivity contribution in [3.63, 3.8) is 0 Å². The molecule has 0 fully saturated rings. The lowest BCUT2D eigenvalue weighted by atomic mass is 10.2. The predicted octanol–water partition coefficient (Wildman–Crippen LogP) is 3.99. The van der Waals surface area contributed by atoms with Gasteiger partial charge in [-0.1, -0.05) is 0 Å². The minimum Gasteiger partial charge on any atom is -0.353 e. The highest BCUT2D eigenvalue weighted by atomic mass is 79.9. The monoisotopic (exact) mass is 351 g/mol. The van der Waals surface area contributed by atoms with E-state index in [-0.39, 0.29) is 5.69 Å². The second kappa shape index (κ2) is 4.25. The molecular weight excluding hydrogens is 348 g/mol. The van der Waals surface area contributed by atoms with Crippen LogP contribution in [0.25, 0.3) is 10.9 Å². The van der Waals surface area contributed by atoms with Crippen LogP contribution in [0.1, 0.15) is 12.1 Å². The van der Waals surface area contributed by atoms with Gasteiger partial charge in [-0.3, -0.25) is 4.79 Å². The van der Waals surface area contributed by atoms with E-state index >= 15 is 0 Å². The van der Waals surface area contributed by atoms with Gasteiger partial charge in [-0.15, -0.1) is 0 Å². The summed E-state index contributed by atoms with van der Waals surface area (Å²) in [5.41, 5.74) is -0.439. The molecule has 2 nitrogen and oxygen atoms in total. The third-order valence-electron chi connectivity index (χ3n) is 2.14. The molecule has 0 amide bonds. The molecule has 1 N–H and O–H groups in total. The van der Waals surface area contributed by atoms with Crippen LogP contribution in [0, 0.1) is 0 Å². The summed E-state index contributed by atoms with van der Waals surface area (Å²) in [6.07, 6.45) is -2.69. The average Bonchev–Trinajstić information content (AvgIpc) is 2.22. The molecule has 84 valence electrons. The first-order valence-electron chi connectivity index (χ1n) is 4.30. The number of hydrogen-bond acceptors (Lipinski definition) is 1. The van der Waals surface area contributed by atoms with Crippen LogP contribution in [0.15, 0.2) is 31.9 Å². The molecule has 0 aliphatic carbocycles. The van der Waals surface area contributed by atoms with Gasteiger partial charge in [0, 0.05) is 15.0 Å². The fourth-order valence-corrected chi connectivity index (χ4v) is 2.38. The summed E-state index contributed by atoms with van der Waals surface area (Å²) < 4.78 is 26.2. The standard InChI is InChI=1S/C10H5Br2F2NO/c11-4-1-2-5(12)9-8(4)7(16)3-6(15-9)10(13)14/h1-3,10H,(H,15,16). The molecule has 1 aromatic heterocycles. The van der Waals surface area contributed by atoms with E-state index in [4.69, 9.17) is 0 Å². The summed E-state index contributed by atoms with van der Waals surface area (Å²) >= 11 is 6.43. The number of halogens is 4. The third-order valence-corrected chi connectivity index (χ3v) is 3.46. The number of benzene rings is 1. The molecule has 0 radical (unpaired) electrons. The van der Waals surface area contributed by atoms with Gasteiger partial charge in [0.05, 0.1) is 16.6 Å². The van der Waals surface area contributed by atoms with Crippen LogP contribution in [0.3, 0.4) is 0 Å². The summed E-state index contributed by atoms with van der Waals surface area (Å²) in [5, 5.41) is 0.360. The Bertz CT molecular complexity index is 610. The summed E-state index contributed by atoms with van der Waals surface area (Å²) in [7, 11) is 0. The van der Waals surface area contributed by atoms with Crippen molar-refractivity contribution in [3.05, 3.63) is 43.1 Å². The highest BCUT2D eigenvalue weighted by Gasteiger charge is 2.13. The normalized spacial score (nSPS) is 11.3. The first kappa shape index (κ1) is 11.7. The first-order valence-corrected chi connectivity index (χ1v) is 5.88. The van der Waals surface area contributed by atoms with Gasteiger partial charge in [-0.05, 0) is 44.0 Å². The van der Waals surface area contributed by atoms with E-state index in [9.17, 15) is 13.6 Å². The van der Waals surface area contributed by atoms with Gasteiger partial charge in [-0.25, -0.2) is 8.78 Å². The number of aromatic amines is 1. The van der Waals surface area contributed by atoms with Crippen molar-refractivity contribution in [2.24, 2.45) is 0 Å². The van der Waals surface area contributed by atoms with Crippen LogP contribution < -0.4 is 5.43 Å². The highest BCUT2D eigenvalue weighted by Crippen LogP contribution is 2.28. The lowest BCUT2D eigenvalue weighted by Gasteiger charge is -2.06. The Morgan fingerprint density at radius 2 is 1.81 bits per heavy atom. The van der Waals surface area contributed by atoms with Gasteiger partial charge in [0.25, 0.3) is 6.43 Å². The molecule has 6 heteroatoms. The Balaban J connectivity index is 2.92. The molecule has 0 atom stereocenters. The Morgan fingerprint density at radius 3 is 2.44 bits per heavy atom. The second-order valence-corrected chi connectivity index (χ2v) is 4.88. The van der Waals surface area contributed by atoms with E-state index in [0.717, 1.165) is 6.07 Å². The highest BCUT2D eigenvalue weighted by molar-refractivity contribution is 9.11. The van der Waals surface area contributed by atoms with Crippen molar-refractivity contribution < 1.29 is 8.78 Å². The smallest absolute Gasteiger partial charge is 0.278 e. The molecule has 0 saturated carbocycles. The van der Waals surface area contributed by atoms with E-state index in [1.807, 2.05) is 0 Å². The topological polar surface area (TPSA) is 32.9 Å². The summed E-state index contributed by atoms with van der Waals surface area (Å²) in [4.78, 5) is 14.2. The minimum absolute atomic E-state index is 0.360. The minimum atomic E-state index is -2.69. The van der Waals surface area contributed by atoms with Crippen molar-refractivity contribution in [3.8, 4) is 0 Å². The molecule has 2 aromatic rings. The zero-order valence-corrected chi connectivity index (χ0v) is 10.9. The van der Waals surface area contributed by atoms with Crippen LogP contribution in [0.5, 0.6) is 0 Å². The number of alkyl halides is 2. The summed E-state index contributed by atoms with van der Waals surface area (Å²) in [6, 6.07) is 4.28. The Labute approximate surface area is 106 Å². The van der Waals surface area contributed by atoms with E-state index < -0.39 is 11.9 Å². The average molecular weight is 353 g/mol. The number of rotatable bonds is 1. The molecule has 1 aromatic carbocycles. The SMILES string of the molecule is O=c1cc(C(F)F)[nH]c2c(Br)ccc(Br)c12. The molecule has 16 heavy (non-hydrogen) atoms. The number of hydrogen-bond donors (Lipinski definition) is 1. The van der Waals surface area contributed by atoms with Crippen molar-refractivity contribution in [2.75, 3.05) is 0 Å². The van der Waals surface area contributed by atoms with Gasteiger partial charge in [0.2, 0.25) is 0 Å². The molecule has 1 heterocycles. The van der Waals surface area contributed by atoms with Crippen molar-refractivity contribution in [1.29, 1.82) is 0 Å². The quantitative estimate of drug-likeness (QED) is 0.827. The lowest BCUT2D eigenvalue weighted by molar-refractivity contribution is 0.146. The Kier molecular flexibility index (Phi) is 3.12. The maximum atomic E-state index is 12.5. The predicted molar refractivity (Wildman–Crippen MR) is 64.9 cm³/mol. The van der Waals surface area contributed by atoms with E-state index in [1.165, 1.54) is 0 Å². The van der Waals surface area contributed by atoms with Crippen molar-refractivity contribution in [1.82, 2.24) is 4.98 Å². The summed E-state index contributed by atoms with van der Waals surface area (Å²) in [5.74, 6) is 0. The number of fused-ring (bicyclic) bond motifs is 1. The van der Waals surface area contributed by atoms with Crippen LogP contribution >= 0.6 is 31.9 Å². The third kappa shape index (κ3) is 1.91. The molecule has 0 bridgehead atoms. The molecule has 0 unspecified atom stereocenters. The second-order valence-electron chi connectivity index (χ2n) is 3.17. The van der Waals surface area contributed by atoms with Gasteiger partial charge in [-0.2, -0.15) is 0 Å². The zero-order chi connectivity index (χ0) is 11.9. The molecule has 0 spiro atoms. The van der Waals surface area contributed by atoms with Crippen molar-refractivity contribution in [2.45, 2.75) is 6.43 Å². The maximum Gasteiger partial charge on any atom is 0.278 e. The van der Waals surface area contributed by atoms with Gasteiger partial charge < -0.3 is 4.98 Å². The van der Waals surface area contributed by atoms with Crippen LogP contribution in [0.2, 0.25) is 0 Å². The maximum absolute atomic E-state index is 12.5. The number of nitrogens with one attached hydrogen (secondary N) is 1. The van der Waals surface area contributed by atoms with Crippen LogP contribution in [0.4, 0.5) is 8.78 Å². The molecule has 2 rings (SSSR count). The molecule has 0 aliphatic rings. The molecule has 0 aliphatic heterocycles. The lowest BCUT2D eigenvalue weighted by Crippen LogP contribution is -2.06. The Hall–Kier alpha value is -0.750. The summed E-state index contributed by atoms with van der Waals surface area (Å²) in [6.45, 7) is 0.